The molecule has 0 radical (unpaired) electrons. The number of hydrogen-bond acceptors (Lipinski definition) is 4. The predicted molar refractivity (Wildman–Crippen MR) is 129 cm³/mol. The highest BCUT2D eigenvalue weighted by Gasteiger charge is 2.28. The van der Waals surface area contributed by atoms with Crippen LogP contribution in [0.15, 0.2) is 59.6 Å². The Hall–Kier alpha value is -2.84. The first-order valence-corrected chi connectivity index (χ1v) is 12.9. The van der Waals surface area contributed by atoms with Crippen molar-refractivity contribution in [3.05, 3.63) is 60.3 Å². The largest absolute Gasteiger partial charge is 0.494 e. The molecule has 0 atom stereocenters. The number of rotatable bonds is 8. The summed E-state index contributed by atoms with van der Waals surface area (Å²) in [7, 11) is -3.50. The first-order chi connectivity index (χ1) is 15.9. The zero-order chi connectivity index (χ0) is 23.4. The van der Waals surface area contributed by atoms with E-state index in [1.54, 1.807) is 22.5 Å². The van der Waals surface area contributed by atoms with Crippen molar-refractivity contribution < 1.29 is 17.9 Å². The van der Waals surface area contributed by atoms with E-state index >= 15 is 0 Å². The molecule has 0 aliphatic carbocycles. The SMILES string of the molecule is CCOc1ccc(CNC(=O)Cn2ccc3cc(S(=O)(=O)N4CCC(C)CC4)ccc32)cc1. The molecule has 1 fully saturated rings. The van der Waals surface area contributed by atoms with E-state index in [9.17, 15) is 13.2 Å². The van der Waals surface area contributed by atoms with Crippen LogP contribution in [0.2, 0.25) is 0 Å². The fourth-order valence-electron chi connectivity index (χ4n) is 4.13. The van der Waals surface area contributed by atoms with Crippen LogP contribution in [0.3, 0.4) is 0 Å². The minimum atomic E-state index is -3.50. The lowest BCUT2D eigenvalue weighted by atomic mass is 10.0. The molecule has 3 aromatic rings. The number of sulfonamides is 1. The summed E-state index contributed by atoms with van der Waals surface area (Å²) in [6.45, 7) is 6.44. The molecule has 0 saturated carbocycles. The number of aromatic nitrogens is 1. The van der Waals surface area contributed by atoms with Gasteiger partial charge >= 0.3 is 0 Å². The van der Waals surface area contributed by atoms with E-state index in [0.717, 1.165) is 35.1 Å². The lowest BCUT2D eigenvalue weighted by molar-refractivity contribution is -0.121. The maximum atomic E-state index is 13.0. The Morgan fingerprint density at radius 3 is 2.52 bits per heavy atom. The standard InChI is InChI=1S/C25H31N3O4S/c1-3-32-22-6-4-20(5-7-22)17-26-25(29)18-27-13-12-21-16-23(8-9-24(21)27)33(30,31)28-14-10-19(2)11-15-28/h4-9,12-13,16,19H,3,10-11,14-15,17-18H2,1-2H3,(H,26,29). The van der Waals surface area contributed by atoms with Crippen LogP contribution >= 0.6 is 0 Å². The molecule has 2 heterocycles. The number of carbonyl (C=O) groups excluding carboxylic acids is 1. The van der Waals surface area contributed by atoms with Crippen molar-refractivity contribution in [3.8, 4) is 5.75 Å². The zero-order valence-corrected chi connectivity index (χ0v) is 20.0. The van der Waals surface area contributed by atoms with E-state index in [4.69, 9.17) is 4.74 Å². The van der Waals surface area contributed by atoms with Crippen molar-refractivity contribution in [1.29, 1.82) is 0 Å². The average Bonchev–Trinajstić information content (AvgIpc) is 3.21. The molecule has 2 aromatic carbocycles. The molecule has 1 aliphatic heterocycles. The topological polar surface area (TPSA) is 80.6 Å². The molecule has 8 heteroatoms. The van der Waals surface area contributed by atoms with Crippen molar-refractivity contribution in [2.24, 2.45) is 5.92 Å². The van der Waals surface area contributed by atoms with Gasteiger partial charge in [-0.1, -0.05) is 19.1 Å². The maximum absolute atomic E-state index is 13.0. The molecule has 1 saturated heterocycles. The van der Waals surface area contributed by atoms with E-state index in [1.807, 2.05) is 48.0 Å². The number of hydrogen-bond donors (Lipinski definition) is 1. The van der Waals surface area contributed by atoms with E-state index in [1.165, 1.54) is 0 Å². The van der Waals surface area contributed by atoms with Crippen LogP contribution in [0.25, 0.3) is 10.9 Å². The summed E-state index contributed by atoms with van der Waals surface area (Å²) in [6, 6.07) is 14.6. The Balaban J connectivity index is 1.40. The van der Waals surface area contributed by atoms with E-state index in [-0.39, 0.29) is 12.5 Å². The van der Waals surface area contributed by atoms with Crippen molar-refractivity contribution in [3.63, 3.8) is 0 Å². The molecular formula is C25H31N3O4S. The van der Waals surface area contributed by atoms with Crippen LogP contribution in [0.1, 0.15) is 32.3 Å². The molecule has 1 N–H and O–H groups in total. The van der Waals surface area contributed by atoms with Gasteiger partial charge in [0.1, 0.15) is 12.3 Å². The predicted octanol–water partition coefficient (Wildman–Crippen LogP) is 3.78. The zero-order valence-electron chi connectivity index (χ0n) is 19.2. The molecule has 176 valence electrons. The van der Waals surface area contributed by atoms with Gasteiger partial charge in [0.25, 0.3) is 0 Å². The van der Waals surface area contributed by atoms with Crippen LogP contribution < -0.4 is 10.1 Å². The Kier molecular flexibility index (Phi) is 7.05. The third kappa shape index (κ3) is 5.39. The Labute approximate surface area is 195 Å². The number of ether oxygens (including phenoxy) is 1. The van der Waals surface area contributed by atoms with Gasteiger partial charge in [0.2, 0.25) is 15.9 Å². The fraction of sp³-hybridized carbons (Fsp3) is 0.400. The summed E-state index contributed by atoms with van der Waals surface area (Å²) < 4.78 is 34.9. The van der Waals surface area contributed by atoms with Crippen LogP contribution in [0, 0.1) is 5.92 Å². The lowest BCUT2D eigenvalue weighted by Gasteiger charge is -2.29. The highest BCUT2D eigenvalue weighted by Crippen LogP contribution is 2.26. The Bertz CT molecular complexity index is 1210. The second-order valence-corrected chi connectivity index (χ2v) is 10.5. The molecule has 0 bridgehead atoms. The summed E-state index contributed by atoms with van der Waals surface area (Å²) in [5, 5.41) is 3.74. The number of piperidine rings is 1. The van der Waals surface area contributed by atoms with Gasteiger partial charge in [-0.2, -0.15) is 4.31 Å². The van der Waals surface area contributed by atoms with E-state index < -0.39 is 10.0 Å². The van der Waals surface area contributed by atoms with Gasteiger partial charge in [0.15, 0.2) is 0 Å². The quantitative estimate of drug-likeness (QED) is 0.545. The van der Waals surface area contributed by atoms with Crippen LogP contribution in [0.4, 0.5) is 0 Å². The molecule has 1 amide bonds. The van der Waals surface area contributed by atoms with Crippen molar-refractivity contribution in [1.82, 2.24) is 14.2 Å². The van der Waals surface area contributed by atoms with Crippen molar-refractivity contribution in [2.75, 3.05) is 19.7 Å². The second kappa shape index (κ2) is 9.97. The van der Waals surface area contributed by atoms with Crippen LogP contribution in [-0.4, -0.2) is 42.9 Å². The minimum Gasteiger partial charge on any atom is -0.494 e. The Morgan fingerprint density at radius 1 is 1.09 bits per heavy atom. The summed E-state index contributed by atoms with van der Waals surface area (Å²) >= 11 is 0. The third-order valence-electron chi connectivity index (χ3n) is 6.16. The van der Waals surface area contributed by atoms with Crippen molar-refractivity contribution >= 4 is 26.8 Å². The molecule has 0 unspecified atom stereocenters. The summed E-state index contributed by atoms with van der Waals surface area (Å²) in [5.41, 5.74) is 1.82. The highest BCUT2D eigenvalue weighted by atomic mass is 32.2. The van der Waals surface area contributed by atoms with Gasteiger partial charge in [-0.15, -0.1) is 0 Å². The number of nitrogens with zero attached hydrogens (tertiary/aromatic N) is 2. The van der Waals surface area contributed by atoms with Gasteiger partial charge < -0.3 is 14.6 Å². The summed E-state index contributed by atoms with van der Waals surface area (Å²) in [6.07, 6.45) is 3.60. The summed E-state index contributed by atoms with van der Waals surface area (Å²) in [5.74, 6) is 1.26. The average molecular weight is 470 g/mol. The number of amides is 1. The molecule has 0 spiro atoms. The third-order valence-corrected chi connectivity index (χ3v) is 8.06. The molecule has 1 aromatic heterocycles. The van der Waals surface area contributed by atoms with Crippen molar-refractivity contribution in [2.45, 2.75) is 44.7 Å². The van der Waals surface area contributed by atoms with Crippen LogP contribution in [0.5, 0.6) is 5.75 Å². The van der Waals surface area contributed by atoms with E-state index in [0.29, 0.717) is 37.1 Å². The molecule has 33 heavy (non-hydrogen) atoms. The first-order valence-electron chi connectivity index (χ1n) is 11.4. The molecular weight excluding hydrogens is 438 g/mol. The number of fused-ring (bicyclic) bond motifs is 1. The molecule has 1 aliphatic rings. The Morgan fingerprint density at radius 2 is 1.82 bits per heavy atom. The number of benzene rings is 2. The number of nitrogens with one attached hydrogen (secondary N) is 1. The van der Waals surface area contributed by atoms with Gasteiger partial charge in [-0.05, 0) is 67.6 Å². The second-order valence-electron chi connectivity index (χ2n) is 8.60. The first kappa shape index (κ1) is 23.3. The fourth-order valence-corrected chi connectivity index (χ4v) is 5.64. The van der Waals surface area contributed by atoms with E-state index in [2.05, 4.69) is 12.2 Å². The van der Waals surface area contributed by atoms with Gasteiger partial charge in [-0.25, -0.2) is 8.42 Å². The highest BCUT2D eigenvalue weighted by molar-refractivity contribution is 7.89. The van der Waals surface area contributed by atoms with Gasteiger partial charge in [0.05, 0.1) is 11.5 Å². The maximum Gasteiger partial charge on any atom is 0.243 e. The molecule has 4 rings (SSSR count). The summed E-state index contributed by atoms with van der Waals surface area (Å²) in [4.78, 5) is 12.8. The minimum absolute atomic E-state index is 0.111. The normalized spacial score (nSPS) is 15.6. The van der Waals surface area contributed by atoms with Gasteiger partial charge in [-0.3, -0.25) is 4.79 Å². The number of carbonyl (C=O) groups is 1. The molecule has 7 nitrogen and oxygen atoms in total. The lowest BCUT2D eigenvalue weighted by Crippen LogP contribution is -2.37. The smallest absolute Gasteiger partial charge is 0.243 e. The van der Waals surface area contributed by atoms with Crippen LogP contribution in [-0.2, 0) is 27.9 Å². The monoisotopic (exact) mass is 469 g/mol. The van der Waals surface area contributed by atoms with Gasteiger partial charge in [0, 0.05) is 36.7 Å².